The molecule has 5 nitrogen and oxygen atoms in total. The number of benzene rings is 1. The predicted molar refractivity (Wildman–Crippen MR) is 87.4 cm³/mol. The normalized spacial score (nSPS) is 24.7. The van der Waals surface area contributed by atoms with E-state index < -0.39 is 31.0 Å². The zero-order valence-corrected chi connectivity index (χ0v) is 14.6. The van der Waals surface area contributed by atoms with Crippen LogP contribution < -0.4 is 0 Å². The van der Waals surface area contributed by atoms with Gasteiger partial charge in [0, 0.05) is 6.04 Å². The van der Waals surface area contributed by atoms with Crippen molar-refractivity contribution in [3.05, 3.63) is 30.3 Å². The average molecular weight is 345 g/mol. The highest BCUT2D eigenvalue weighted by Gasteiger charge is 2.47. The van der Waals surface area contributed by atoms with Crippen LogP contribution in [0, 0.1) is 0 Å². The molecular weight excluding hydrogens is 322 g/mol. The lowest BCUT2D eigenvalue weighted by molar-refractivity contribution is 0.259. The van der Waals surface area contributed by atoms with Crippen molar-refractivity contribution in [3.63, 3.8) is 0 Å². The largest absolute Gasteiger partial charge is 0.301 e. The zero-order chi connectivity index (χ0) is 16.4. The van der Waals surface area contributed by atoms with Gasteiger partial charge in [0.05, 0.1) is 21.7 Å². The number of unbranched alkanes of at least 4 members (excludes halogenated alkanes) is 1. The van der Waals surface area contributed by atoms with Crippen LogP contribution in [0.4, 0.5) is 0 Å². The Morgan fingerprint density at radius 3 is 2.41 bits per heavy atom. The fourth-order valence-electron chi connectivity index (χ4n) is 2.86. The third-order valence-electron chi connectivity index (χ3n) is 4.17. The molecule has 0 aliphatic carbocycles. The second kappa shape index (κ2) is 6.68. The minimum atomic E-state index is -3.65. The Morgan fingerprint density at radius 1 is 1.18 bits per heavy atom. The summed E-state index contributed by atoms with van der Waals surface area (Å²) in [5, 5.41) is -0.887. The molecule has 2 unspecified atom stereocenters. The molecule has 1 aromatic carbocycles. The van der Waals surface area contributed by atoms with Crippen LogP contribution in [-0.4, -0.2) is 58.1 Å². The van der Waals surface area contributed by atoms with Gasteiger partial charge in [-0.2, -0.15) is 0 Å². The fraction of sp³-hybridized carbons (Fsp3) is 0.600. The summed E-state index contributed by atoms with van der Waals surface area (Å²) in [4.78, 5) is 2.09. The average Bonchev–Trinajstić information content (AvgIpc) is 2.82. The molecular formula is C15H23NO4S2. The maximum absolute atomic E-state index is 12.8. The van der Waals surface area contributed by atoms with E-state index in [9.17, 15) is 16.8 Å². The van der Waals surface area contributed by atoms with Crippen LogP contribution in [0.5, 0.6) is 0 Å². The number of rotatable bonds is 6. The lowest BCUT2D eigenvalue weighted by atomic mass is 10.2. The minimum Gasteiger partial charge on any atom is -0.301 e. The number of hydrogen-bond acceptors (Lipinski definition) is 5. The van der Waals surface area contributed by atoms with E-state index in [1.807, 2.05) is 11.9 Å². The van der Waals surface area contributed by atoms with Gasteiger partial charge in [0.1, 0.15) is 0 Å². The Bertz CT molecular complexity index is 698. The Kier molecular flexibility index (Phi) is 5.29. The molecule has 1 fully saturated rings. The molecule has 1 heterocycles. The quantitative estimate of drug-likeness (QED) is 0.778. The molecule has 0 aromatic heterocycles. The molecule has 22 heavy (non-hydrogen) atoms. The highest BCUT2D eigenvalue weighted by molar-refractivity contribution is 7.96. The first-order valence-corrected chi connectivity index (χ1v) is 10.8. The van der Waals surface area contributed by atoms with Crippen molar-refractivity contribution < 1.29 is 16.8 Å². The summed E-state index contributed by atoms with van der Waals surface area (Å²) in [6.45, 7) is 2.76. The molecule has 7 heteroatoms. The lowest BCUT2D eigenvalue weighted by Crippen LogP contribution is -2.44. The van der Waals surface area contributed by atoms with Crippen molar-refractivity contribution in [2.45, 2.75) is 36.0 Å². The molecule has 0 spiro atoms. The van der Waals surface area contributed by atoms with Crippen LogP contribution in [0.15, 0.2) is 35.2 Å². The van der Waals surface area contributed by atoms with Crippen LogP contribution in [0.3, 0.4) is 0 Å². The summed E-state index contributed by atoms with van der Waals surface area (Å²) >= 11 is 0. The summed E-state index contributed by atoms with van der Waals surface area (Å²) < 4.78 is 49.7. The first-order chi connectivity index (χ1) is 10.3. The van der Waals surface area contributed by atoms with E-state index in [0.717, 1.165) is 12.8 Å². The van der Waals surface area contributed by atoms with Gasteiger partial charge in [0.25, 0.3) is 0 Å². The van der Waals surface area contributed by atoms with Gasteiger partial charge in [-0.1, -0.05) is 31.5 Å². The monoisotopic (exact) mass is 345 g/mol. The van der Waals surface area contributed by atoms with Crippen LogP contribution >= 0.6 is 0 Å². The molecule has 2 rings (SSSR count). The van der Waals surface area contributed by atoms with E-state index in [1.165, 1.54) is 12.1 Å². The topological polar surface area (TPSA) is 71.5 Å². The SMILES string of the molecule is CCCCN(C)C1CS(=O)(=O)CC1S(=O)(=O)c1ccccc1. The molecule has 0 amide bonds. The van der Waals surface area contributed by atoms with Crippen molar-refractivity contribution in [1.29, 1.82) is 0 Å². The summed E-state index contributed by atoms with van der Waals surface area (Å²) in [6, 6.07) is 7.65. The lowest BCUT2D eigenvalue weighted by Gasteiger charge is -2.28. The first-order valence-electron chi connectivity index (χ1n) is 7.47. The molecule has 1 saturated heterocycles. The first kappa shape index (κ1) is 17.4. The molecule has 1 aromatic rings. The van der Waals surface area contributed by atoms with Gasteiger partial charge in [-0.25, -0.2) is 16.8 Å². The Morgan fingerprint density at radius 2 is 1.82 bits per heavy atom. The zero-order valence-electron chi connectivity index (χ0n) is 13.0. The van der Waals surface area contributed by atoms with Crippen LogP contribution in [0.25, 0.3) is 0 Å². The number of sulfone groups is 2. The van der Waals surface area contributed by atoms with Crippen molar-refractivity contribution in [2.24, 2.45) is 0 Å². The minimum absolute atomic E-state index is 0.0794. The highest BCUT2D eigenvalue weighted by Crippen LogP contribution is 2.28. The second-order valence-electron chi connectivity index (χ2n) is 5.87. The van der Waals surface area contributed by atoms with Crippen molar-refractivity contribution in [2.75, 3.05) is 25.1 Å². The molecule has 0 bridgehead atoms. The third-order valence-corrected chi connectivity index (χ3v) is 8.31. The maximum atomic E-state index is 12.8. The molecule has 124 valence electrons. The van der Waals surface area contributed by atoms with Crippen molar-refractivity contribution >= 4 is 19.7 Å². The highest BCUT2D eigenvalue weighted by atomic mass is 32.2. The fourth-order valence-corrected chi connectivity index (χ4v) is 7.79. The van der Waals surface area contributed by atoms with Crippen LogP contribution in [-0.2, 0) is 19.7 Å². The van der Waals surface area contributed by atoms with Gasteiger partial charge in [-0.15, -0.1) is 0 Å². The molecule has 0 N–H and O–H groups in total. The summed E-state index contributed by atoms with van der Waals surface area (Å²) in [5.41, 5.74) is 0. The number of nitrogens with zero attached hydrogens (tertiary/aromatic N) is 1. The standard InChI is InChI=1S/C15H23NO4S2/c1-3-4-10-16(2)14-11-21(17,18)12-15(14)22(19,20)13-8-6-5-7-9-13/h5-9,14-15H,3-4,10-12H2,1-2H3. The van der Waals surface area contributed by atoms with Crippen molar-refractivity contribution in [1.82, 2.24) is 4.90 Å². The number of hydrogen-bond donors (Lipinski definition) is 0. The van der Waals surface area contributed by atoms with E-state index in [4.69, 9.17) is 0 Å². The summed E-state index contributed by atoms with van der Waals surface area (Å²) in [5.74, 6) is -0.366. The van der Waals surface area contributed by atoms with Gasteiger partial charge in [0.15, 0.2) is 19.7 Å². The van der Waals surface area contributed by atoms with Crippen molar-refractivity contribution in [3.8, 4) is 0 Å². The summed E-state index contributed by atoms with van der Waals surface area (Å²) in [6.07, 6.45) is 1.91. The van der Waals surface area contributed by atoms with E-state index >= 15 is 0 Å². The van der Waals surface area contributed by atoms with Gasteiger partial charge >= 0.3 is 0 Å². The maximum Gasteiger partial charge on any atom is 0.183 e. The van der Waals surface area contributed by atoms with Gasteiger partial charge in [-0.3, -0.25) is 0 Å². The molecule has 0 radical (unpaired) electrons. The van der Waals surface area contributed by atoms with Gasteiger partial charge in [0.2, 0.25) is 0 Å². The molecule has 1 aliphatic rings. The second-order valence-corrected chi connectivity index (χ2v) is 10.2. The Hall–Kier alpha value is -0.920. The predicted octanol–water partition coefficient (Wildman–Crippen LogP) is 1.36. The van der Waals surface area contributed by atoms with E-state index in [0.29, 0.717) is 6.54 Å². The molecule has 1 aliphatic heterocycles. The van der Waals surface area contributed by atoms with Gasteiger partial charge in [-0.05, 0) is 32.1 Å². The molecule has 0 saturated carbocycles. The van der Waals surface area contributed by atoms with E-state index in [1.54, 1.807) is 18.2 Å². The molecule has 2 atom stereocenters. The third kappa shape index (κ3) is 3.70. The van der Waals surface area contributed by atoms with Crippen LogP contribution in [0.2, 0.25) is 0 Å². The van der Waals surface area contributed by atoms with E-state index in [2.05, 4.69) is 6.92 Å². The van der Waals surface area contributed by atoms with E-state index in [-0.39, 0.29) is 16.4 Å². The van der Waals surface area contributed by atoms with Gasteiger partial charge < -0.3 is 4.90 Å². The van der Waals surface area contributed by atoms with Crippen LogP contribution in [0.1, 0.15) is 19.8 Å². The Balaban J connectivity index is 2.34. The smallest absolute Gasteiger partial charge is 0.183 e. The summed E-state index contributed by atoms with van der Waals surface area (Å²) in [7, 11) is -5.16. The Labute approximate surface area is 133 Å².